The molecule has 0 radical (unpaired) electrons. The van der Waals surface area contributed by atoms with Gasteiger partial charge in [0, 0.05) is 18.7 Å². The van der Waals surface area contributed by atoms with Gasteiger partial charge >= 0.3 is 0 Å². The minimum absolute atomic E-state index is 0.0602. The molecule has 0 rings (SSSR count). The van der Waals surface area contributed by atoms with Crippen LogP contribution in [-0.2, 0) is 4.79 Å². The Bertz CT molecular complexity index is 151. The van der Waals surface area contributed by atoms with E-state index >= 15 is 0 Å². The van der Waals surface area contributed by atoms with E-state index in [-0.39, 0.29) is 5.91 Å². The highest BCUT2D eigenvalue weighted by molar-refractivity contribution is 5.92. The number of rotatable bonds is 3. The number of likely N-dealkylation sites (N-methyl/N-ethyl adjacent to an activating group) is 1. The van der Waals surface area contributed by atoms with E-state index in [9.17, 15) is 4.79 Å². The minimum Gasteiger partial charge on any atom is -0.340 e. The molecule has 0 aliphatic heterocycles. The maximum Gasteiger partial charge on any atom is 0.248 e. The summed E-state index contributed by atoms with van der Waals surface area (Å²) in [5.74, 6) is 0.0602. The largest absolute Gasteiger partial charge is 0.340 e. The Kier molecular flexibility index (Phi) is 10.5. The molecule has 0 aliphatic carbocycles. The second-order valence-corrected chi connectivity index (χ2v) is 2.76. The van der Waals surface area contributed by atoms with Gasteiger partial charge in [-0.15, -0.1) is 0 Å². The standard InChI is InChI=1S/C8H15NO.C2H7N/c1-5-9(6-2)8(10)7(3)4;1-3-2/h3,5-6H2,1-2,4H3;3H,1-2H3. The highest BCUT2D eigenvalue weighted by Gasteiger charge is 2.08. The summed E-state index contributed by atoms with van der Waals surface area (Å²) < 4.78 is 0. The molecule has 0 saturated carbocycles. The summed E-state index contributed by atoms with van der Waals surface area (Å²) in [6.07, 6.45) is 0. The van der Waals surface area contributed by atoms with Crippen molar-refractivity contribution >= 4 is 5.91 Å². The maximum atomic E-state index is 11.1. The number of carbonyl (C=O) groups is 1. The highest BCUT2D eigenvalue weighted by Crippen LogP contribution is 1.96. The summed E-state index contributed by atoms with van der Waals surface area (Å²) in [5, 5.41) is 2.75. The molecule has 1 amide bonds. The molecule has 1 N–H and O–H groups in total. The monoisotopic (exact) mass is 186 g/mol. The third kappa shape index (κ3) is 7.53. The van der Waals surface area contributed by atoms with Crippen molar-refractivity contribution in [1.29, 1.82) is 0 Å². The van der Waals surface area contributed by atoms with E-state index < -0.39 is 0 Å². The first-order valence-corrected chi connectivity index (χ1v) is 4.58. The molecule has 0 aromatic carbocycles. The maximum absolute atomic E-state index is 11.1. The van der Waals surface area contributed by atoms with E-state index in [2.05, 4.69) is 11.9 Å². The van der Waals surface area contributed by atoms with Gasteiger partial charge in [-0.2, -0.15) is 0 Å². The van der Waals surface area contributed by atoms with Crippen LogP contribution in [-0.4, -0.2) is 38.0 Å². The number of amides is 1. The fraction of sp³-hybridized carbons (Fsp3) is 0.700. The van der Waals surface area contributed by atoms with Gasteiger partial charge in [0.15, 0.2) is 0 Å². The molecule has 0 aliphatic rings. The molecule has 0 aromatic rings. The summed E-state index contributed by atoms with van der Waals surface area (Å²) in [5.41, 5.74) is 0.615. The number of nitrogens with zero attached hydrogens (tertiary/aromatic N) is 1. The lowest BCUT2D eigenvalue weighted by Gasteiger charge is -2.17. The molecule has 0 bridgehead atoms. The van der Waals surface area contributed by atoms with Crippen molar-refractivity contribution in [2.75, 3.05) is 27.2 Å². The summed E-state index contributed by atoms with van der Waals surface area (Å²) in [6.45, 7) is 10.8. The van der Waals surface area contributed by atoms with Crippen LogP contribution in [0.2, 0.25) is 0 Å². The molecule has 0 saturated heterocycles. The summed E-state index contributed by atoms with van der Waals surface area (Å²) in [6, 6.07) is 0. The Labute approximate surface area is 81.8 Å². The van der Waals surface area contributed by atoms with E-state index in [1.165, 1.54) is 0 Å². The van der Waals surface area contributed by atoms with E-state index in [1.807, 2.05) is 27.9 Å². The van der Waals surface area contributed by atoms with Crippen LogP contribution in [0.1, 0.15) is 20.8 Å². The molecule has 13 heavy (non-hydrogen) atoms. The van der Waals surface area contributed by atoms with Gasteiger partial charge in [0.25, 0.3) is 0 Å². The average Bonchev–Trinajstić information content (AvgIpc) is 2.07. The first-order valence-electron chi connectivity index (χ1n) is 4.58. The van der Waals surface area contributed by atoms with Crippen molar-refractivity contribution in [1.82, 2.24) is 10.2 Å². The fourth-order valence-electron chi connectivity index (χ4n) is 0.781. The zero-order valence-electron chi connectivity index (χ0n) is 9.48. The molecule has 0 heterocycles. The van der Waals surface area contributed by atoms with Gasteiger partial charge in [-0.05, 0) is 34.9 Å². The zero-order valence-corrected chi connectivity index (χ0v) is 9.48. The Morgan fingerprint density at radius 2 is 1.62 bits per heavy atom. The van der Waals surface area contributed by atoms with Gasteiger partial charge in [-0.1, -0.05) is 6.58 Å². The van der Waals surface area contributed by atoms with Gasteiger partial charge in [0.1, 0.15) is 0 Å². The molecule has 0 unspecified atom stereocenters. The van der Waals surface area contributed by atoms with Crippen LogP contribution in [0.4, 0.5) is 0 Å². The van der Waals surface area contributed by atoms with Crippen molar-refractivity contribution in [2.24, 2.45) is 0 Å². The predicted octanol–water partition coefficient (Wildman–Crippen LogP) is 1.27. The summed E-state index contributed by atoms with van der Waals surface area (Å²) in [7, 11) is 3.75. The Balaban J connectivity index is 0. The van der Waals surface area contributed by atoms with Crippen LogP contribution in [0.25, 0.3) is 0 Å². The second-order valence-electron chi connectivity index (χ2n) is 2.76. The van der Waals surface area contributed by atoms with E-state index in [1.54, 1.807) is 11.8 Å². The lowest BCUT2D eigenvalue weighted by Crippen LogP contribution is -2.30. The van der Waals surface area contributed by atoms with Gasteiger partial charge in [-0.25, -0.2) is 0 Å². The quantitative estimate of drug-likeness (QED) is 0.673. The topological polar surface area (TPSA) is 32.3 Å². The van der Waals surface area contributed by atoms with Gasteiger partial charge in [0.05, 0.1) is 0 Å². The van der Waals surface area contributed by atoms with Crippen molar-refractivity contribution < 1.29 is 4.79 Å². The van der Waals surface area contributed by atoms with Gasteiger partial charge in [0.2, 0.25) is 5.91 Å². The number of carbonyl (C=O) groups excluding carboxylic acids is 1. The van der Waals surface area contributed by atoms with Crippen LogP contribution in [0.3, 0.4) is 0 Å². The first-order chi connectivity index (χ1) is 6.04. The third-order valence-corrected chi connectivity index (χ3v) is 1.42. The van der Waals surface area contributed by atoms with Crippen LogP contribution in [0.5, 0.6) is 0 Å². The van der Waals surface area contributed by atoms with Crippen LogP contribution >= 0.6 is 0 Å². The lowest BCUT2D eigenvalue weighted by molar-refractivity contribution is -0.126. The van der Waals surface area contributed by atoms with E-state index in [0.717, 1.165) is 13.1 Å². The van der Waals surface area contributed by atoms with Crippen LogP contribution < -0.4 is 5.32 Å². The third-order valence-electron chi connectivity index (χ3n) is 1.42. The number of hydrogen-bond donors (Lipinski definition) is 1. The second kappa shape index (κ2) is 9.26. The van der Waals surface area contributed by atoms with E-state index in [4.69, 9.17) is 0 Å². The predicted molar refractivity (Wildman–Crippen MR) is 57.7 cm³/mol. The van der Waals surface area contributed by atoms with Crippen LogP contribution in [0, 0.1) is 0 Å². The smallest absolute Gasteiger partial charge is 0.248 e. The molecular weight excluding hydrogens is 164 g/mol. The molecule has 0 atom stereocenters. The van der Waals surface area contributed by atoms with Gasteiger partial charge < -0.3 is 10.2 Å². The highest BCUT2D eigenvalue weighted by atomic mass is 16.2. The Hall–Kier alpha value is -0.830. The molecule has 78 valence electrons. The number of hydrogen-bond acceptors (Lipinski definition) is 2. The SMILES string of the molecule is C=C(C)C(=O)N(CC)CC.CNC. The minimum atomic E-state index is 0.0602. The van der Waals surface area contributed by atoms with Crippen molar-refractivity contribution in [2.45, 2.75) is 20.8 Å². The van der Waals surface area contributed by atoms with Crippen molar-refractivity contribution in [3.05, 3.63) is 12.2 Å². The molecule has 3 heteroatoms. The molecule has 0 spiro atoms. The zero-order chi connectivity index (χ0) is 10.9. The summed E-state index contributed by atoms with van der Waals surface area (Å²) in [4.78, 5) is 12.9. The average molecular weight is 186 g/mol. The fourth-order valence-corrected chi connectivity index (χ4v) is 0.781. The van der Waals surface area contributed by atoms with E-state index in [0.29, 0.717) is 5.57 Å². The van der Waals surface area contributed by atoms with Gasteiger partial charge in [-0.3, -0.25) is 4.79 Å². The normalized spacial score (nSPS) is 8.38. The molecule has 3 nitrogen and oxygen atoms in total. The summed E-state index contributed by atoms with van der Waals surface area (Å²) >= 11 is 0. The Morgan fingerprint density at radius 3 is 1.69 bits per heavy atom. The molecular formula is C10H22N2O. The van der Waals surface area contributed by atoms with Crippen LogP contribution in [0.15, 0.2) is 12.2 Å². The molecule has 0 aromatic heterocycles. The van der Waals surface area contributed by atoms with Crippen molar-refractivity contribution in [3.8, 4) is 0 Å². The lowest BCUT2D eigenvalue weighted by atomic mass is 10.3. The first kappa shape index (κ1) is 14.7. The molecule has 0 fully saturated rings. The number of nitrogens with one attached hydrogen (secondary N) is 1. The Morgan fingerprint density at radius 1 is 1.31 bits per heavy atom. The van der Waals surface area contributed by atoms with Crippen molar-refractivity contribution in [3.63, 3.8) is 0 Å².